The fourth-order valence-corrected chi connectivity index (χ4v) is 2.41. The summed E-state index contributed by atoms with van der Waals surface area (Å²) < 4.78 is 11.6. The van der Waals surface area contributed by atoms with Gasteiger partial charge < -0.3 is 20.9 Å². The molecule has 0 radical (unpaired) electrons. The largest absolute Gasteiger partial charge is 0.457 e. The van der Waals surface area contributed by atoms with Gasteiger partial charge in [-0.2, -0.15) is 0 Å². The predicted octanol–water partition coefficient (Wildman–Crippen LogP) is 6.12. The highest BCUT2D eigenvalue weighted by Gasteiger charge is 2.02. The van der Waals surface area contributed by atoms with Gasteiger partial charge in [-0.1, -0.05) is 54.6 Å². The van der Waals surface area contributed by atoms with Gasteiger partial charge in [-0.25, -0.2) is 0 Å². The van der Waals surface area contributed by atoms with Crippen LogP contribution in [0.5, 0.6) is 23.0 Å². The Morgan fingerprint density at radius 2 is 0.714 bits per heavy atom. The Morgan fingerprint density at radius 3 is 1.07 bits per heavy atom. The first-order chi connectivity index (χ1) is 13.7. The molecule has 28 heavy (non-hydrogen) atoms. The summed E-state index contributed by atoms with van der Waals surface area (Å²) in [7, 11) is 0. The molecule has 4 N–H and O–H groups in total. The monoisotopic (exact) mass is 370 g/mol. The maximum absolute atomic E-state index is 5.78. The van der Waals surface area contributed by atoms with Crippen LogP contribution in [-0.2, 0) is 0 Å². The van der Waals surface area contributed by atoms with Crippen LogP contribution in [0.25, 0.3) is 0 Å². The molecule has 0 unspecified atom stereocenters. The van der Waals surface area contributed by atoms with E-state index in [9.17, 15) is 0 Å². The number of hydrogen-bond donors (Lipinski definition) is 2. The van der Waals surface area contributed by atoms with E-state index >= 15 is 0 Å². The molecule has 0 amide bonds. The molecule has 0 bridgehead atoms. The normalized spacial score (nSPS) is 9.71. The van der Waals surface area contributed by atoms with Crippen molar-refractivity contribution < 1.29 is 9.47 Å². The van der Waals surface area contributed by atoms with Gasteiger partial charge in [0.15, 0.2) is 0 Å². The molecule has 0 saturated heterocycles. The molecular formula is C24H22N2O2. The summed E-state index contributed by atoms with van der Waals surface area (Å²) in [5.41, 5.74) is 12.8. The Balaban J connectivity index is 0.000000320. The van der Waals surface area contributed by atoms with E-state index in [0.717, 1.165) is 0 Å². The fourth-order valence-electron chi connectivity index (χ4n) is 2.41. The first kappa shape index (κ1) is 18.9. The second-order valence-electron chi connectivity index (χ2n) is 5.98. The summed E-state index contributed by atoms with van der Waals surface area (Å²) >= 11 is 0. The van der Waals surface area contributed by atoms with Crippen LogP contribution in [-0.4, -0.2) is 0 Å². The Morgan fingerprint density at radius 1 is 0.393 bits per heavy atom. The SMILES string of the molecule is Nc1cccc(Oc2cccc(Oc3cccc(N)c3)c2)c1.c1ccccc1. The predicted molar refractivity (Wildman–Crippen MR) is 115 cm³/mol. The standard InChI is InChI=1S/C18H16N2O2.C6H6/c19-13-4-1-6-15(10-13)21-17-8-3-9-18(12-17)22-16-7-2-5-14(20)11-16;1-2-4-6-5-3-1/h1-12H,19-20H2;1-6H. The molecule has 0 aliphatic carbocycles. The second kappa shape index (κ2) is 9.69. The molecule has 140 valence electrons. The minimum atomic E-state index is 0.657. The first-order valence-electron chi connectivity index (χ1n) is 8.86. The van der Waals surface area contributed by atoms with E-state index in [1.165, 1.54) is 0 Å². The molecule has 0 spiro atoms. The fraction of sp³-hybridized carbons (Fsp3) is 0. The van der Waals surface area contributed by atoms with Crippen LogP contribution in [0.15, 0.2) is 109 Å². The summed E-state index contributed by atoms with van der Waals surface area (Å²) in [5, 5.41) is 0. The summed E-state index contributed by atoms with van der Waals surface area (Å²) in [6, 6.07) is 33.9. The molecule has 0 fully saturated rings. The highest BCUT2D eigenvalue weighted by Crippen LogP contribution is 2.29. The molecule has 4 aromatic carbocycles. The van der Waals surface area contributed by atoms with Crippen LogP contribution < -0.4 is 20.9 Å². The van der Waals surface area contributed by atoms with E-state index < -0.39 is 0 Å². The molecule has 0 aromatic heterocycles. The van der Waals surface area contributed by atoms with E-state index in [1.807, 2.05) is 97.1 Å². The molecule has 4 rings (SSSR count). The zero-order chi connectivity index (χ0) is 19.6. The van der Waals surface area contributed by atoms with Crippen LogP contribution in [0, 0.1) is 0 Å². The Hall–Kier alpha value is -3.92. The molecule has 0 aliphatic rings. The number of benzene rings is 4. The van der Waals surface area contributed by atoms with E-state index in [0.29, 0.717) is 34.4 Å². The minimum absolute atomic E-state index is 0.657. The van der Waals surface area contributed by atoms with Crippen LogP contribution in [0.2, 0.25) is 0 Å². The van der Waals surface area contributed by atoms with Gasteiger partial charge >= 0.3 is 0 Å². The third kappa shape index (κ3) is 6.11. The Labute approximate surface area is 165 Å². The van der Waals surface area contributed by atoms with Gasteiger partial charge in [-0.3, -0.25) is 0 Å². The first-order valence-corrected chi connectivity index (χ1v) is 8.86. The topological polar surface area (TPSA) is 70.5 Å². The third-order valence-electron chi connectivity index (χ3n) is 3.66. The molecule has 0 aliphatic heterocycles. The van der Waals surface area contributed by atoms with Crippen molar-refractivity contribution >= 4 is 11.4 Å². The van der Waals surface area contributed by atoms with Crippen molar-refractivity contribution in [1.29, 1.82) is 0 Å². The van der Waals surface area contributed by atoms with Crippen LogP contribution in [0.3, 0.4) is 0 Å². The number of nitrogen functional groups attached to an aromatic ring is 2. The third-order valence-corrected chi connectivity index (χ3v) is 3.66. The van der Waals surface area contributed by atoms with Crippen molar-refractivity contribution in [2.24, 2.45) is 0 Å². The van der Waals surface area contributed by atoms with Gasteiger partial charge in [0.1, 0.15) is 23.0 Å². The lowest BCUT2D eigenvalue weighted by molar-refractivity contribution is 0.460. The lowest BCUT2D eigenvalue weighted by Gasteiger charge is -2.09. The van der Waals surface area contributed by atoms with Crippen molar-refractivity contribution in [3.05, 3.63) is 109 Å². The van der Waals surface area contributed by atoms with Crippen LogP contribution >= 0.6 is 0 Å². The molecule has 0 heterocycles. The van der Waals surface area contributed by atoms with Gasteiger partial charge in [-0.05, 0) is 36.4 Å². The average molecular weight is 370 g/mol. The summed E-state index contributed by atoms with van der Waals surface area (Å²) in [5.74, 6) is 2.71. The molecule has 4 heteroatoms. The minimum Gasteiger partial charge on any atom is -0.457 e. The van der Waals surface area contributed by atoms with Crippen molar-refractivity contribution in [2.75, 3.05) is 11.5 Å². The van der Waals surface area contributed by atoms with Crippen molar-refractivity contribution in [1.82, 2.24) is 0 Å². The molecule has 4 nitrogen and oxygen atoms in total. The highest BCUT2D eigenvalue weighted by atomic mass is 16.5. The van der Waals surface area contributed by atoms with E-state index in [1.54, 1.807) is 12.1 Å². The number of nitrogens with two attached hydrogens (primary N) is 2. The van der Waals surface area contributed by atoms with Crippen molar-refractivity contribution in [3.63, 3.8) is 0 Å². The van der Waals surface area contributed by atoms with Crippen molar-refractivity contribution in [2.45, 2.75) is 0 Å². The highest BCUT2D eigenvalue weighted by molar-refractivity contribution is 5.47. The molecule has 4 aromatic rings. The Bertz CT molecular complexity index is 914. The van der Waals surface area contributed by atoms with E-state index in [-0.39, 0.29) is 0 Å². The molecular weight excluding hydrogens is 348 g/mol. The van der Waals surface area contributed by atoms with Crippen LogP contribution in [0.1, 0.15) is 0 Å². The number of anilines is 2. The number of rotatable bonds is 4. The molecule has 0 atom stereocenters. The van der Waals surface area contributed by atoms with Crippen molar-refractivity contribution in [3.8, 4) is 23.0 Å². The Kier molecular flexibility index (Phi) is 6.53. The quantitative estimate of drug-likeness (QED) is 0.424. The van der Waals surface area contributed by atoms with Gasteiger partial charge in [0.25, 0.3) is 0 Å². The molecule has 0 saturated carbocycles. The van der Waals surface area contributed by atoms with Crippen LogP contribution in [0.4, 0.5) is 11.4 Å². The van der Waals surface area contributed by atoms with E-state index in [2.05, 4.69) is 0 Å². The van der Waals surface area contributed by atoms with E-state index in [4.69, 9.17) is 20.9 Å². The lowest BCUT2D eigenvalue weighted by Crippen LogP contribution is -1.90. The van der Waals surface area contributed by atoms with Gasteiger partial charge in [0, 0.05) is 29.6 Å². The summed E-state index contributed by atoms with van der Waals surface area (Å²) in [6.45, 7) is 0. The van der Waals surface area contributed by atoms with Gasteiger partial charge in [0.2, 0.25) is 0 Å². The van der Waals surface area contributed by atoms with Gasteiger partial charge in [-0.15, -0.1) is 0 Å². The second-order valence-corrected chi connectivity index (χ2v) is 5.98. The summed E-state index contributed by atoms with van der Waals surface area (Å²) in [4.78, 5) is 0. The zero-order valence-corrected chi connectivity index (χ0v) is 15.4. The summed E-state index contributed by atoms with van der Waals surface area (Å²) in [6.07, 6.45) is 0. The lowest BCUT2D eigenvalue weighted by atomic mass is 10.3. The average Bonchev–Trinajstić information content (AvgIpc) is 2.70. The van der Waals surface area contributed by atoms with Gasteiger partial charge in [0.05, 0.1) is 0 Å². The maximum Gasteiger partial charge on any atom is 0.131 e. The number of hydrogen-bond acceptors (Lipinski definition) is 4. The smallest absolute Gasteiger partial charge is 0.131 e. The maximum atomic E-state index is 5.78. The number of ether oxygens (including phenoxy) is 2. The zero-order valence-electron chi connectivity index (χ0n) is 15.4.